The van der Waals surface area contributed by atoms with Crippen LogP contribution >= 0.6 is 0 Å². The Labute approximate surface area is 179 Å². The van der Waals surface area contributed by atoms with Gasteiger partial charge in [-0.3, -0.25) is 4.79 Å². The standard InChI is InChI=1S/C22H23F3N2O3S/c23-22(24,25)17-7-4-8-18(15-17)31(29,30)27-13-11-26(12-14-27)21(28)20-10-3-6-16-5-1-2-9-19(16)20/h1-2,4-5,7-9,15,20H,3,6,10-14H2. The van der Waals surface area contributed by atoms with Gasteiger partial charge in [0, 0.05) is 26.2 Å². The number of nitrogens with zero attached hydrogens (tertiary/aromatic N) is 2. The molecule has 166 valence electrons. The summed E-state index contributed by atoms with van der Waals surface area (Å²) in [7, 11) is -4.07. The van der Waals surface area contributed by atoms with Crippen molar-refractivity contribution < 1.29 is 26.4 Å². The molecule has 0 aromatic heterocycles. The maximum atomic E-state index is 13.1. The third-order valence-electron chi connectivity index (χ3n) is 6.02. The molecule has 1 fully saturated rings. The lowest BCUT2D eigenvalue weighted by Crippen LogP contribution is -2.51. The molecule has 1 atom stereocenters. The van der Waals surface area contributed by atoms with Crippen LogP contribution in [0.4, 0.5) is 13.2 Å². The topological polar surface area (TPSA) is 57.7 Å². The zero-order valence-electron chi connectivity index (χ0n) is 16.8. The number of aryl methyl sites for hydroxylation is 1. The fourth-order valence-corrected chi connectivity index (χ4v) is 5.83. The Kier molecular flexibility index (Phi) is 5.83. The van der Waals surface area contributed by atoms with E-state index in [0.717, 1.165) is 41.3 Å². The van der Waals surface area contributed by atoms with E-state index in [4.69, 9.17) is 0 Å². The lowest BCUT2D eigenvalue weighted by Gasteiger charge is -2.37. The Balaban J connectivity index is 1.46. The first-order valence-electron chi connectivity index (χ1n) is 10.2. The van der Waals surface area contributed by atoms with Crippen molar-refractivity contribution in [1.82, 2.24) is 9.21 Å². The molecule has 5 nitrogen and oxygen atoms in total. The van der Waals surface area contributed by atoms with Crippen molar-refractivity contribution in [3.8, 4) is 0 Å². The van der Waals surface area contributed by atoms with E-state index in [-0.39, 0.29) is 42.9 Å². The lowest BCUT2D eigenvalue weighted by molar-refractivity contribution is -0.138. The third kappa shape index (κ3) is 4.34. The molecule has 0 bridgehead atoms. The van der Waals surface area contributed by atoms with Gasteiger partial charge in [0.25, 0.3) is 0 Å². The fraction of sp³-hybridized carbons (Fsp3) is 0.409. The van der Waals surface area contributed by atoms with Crippen LogP contribution in [0.15, 0.2) is 53.4 Å². The van der Waals surface area contributed by atoms with Gasteiger partial charge < -0.3 is 4.90 Å². The molecule has 9 heteroatoms. The van der Waals surface area contributed by atoms with Crippen LogP contribution in [0.1, 0.15) is 35.4 Å². The first-order valence-corrected chi connectivity index (χ1v) is 11.7. The number of alkyl halides is 3. The van der Waals surface area contributed by atoms with E-state index in [9.17, 15) is 26.4 Å². The summed E-state index contributed by atoms with van der Waals surface area (Å²) in [5.41, 5.74) is 1.22. The molecule has 1 aliphatic carbocycles. The van der Waals surface area contributed by atoms with E-state index in [2.05, 4.69) is 0 Å². The van der Waals surface area contributed by atoms with Gasteiger partial charge in [0.1, 0.15) is 0 Å². The molecule has 0 N–H and O–H groups in total. The van der Waals surface area contributed by atoms with Crippen molar-refractivity contribution in [2.75, 3.05) is 26.2 Å². The van der Waals surface area contributed by atoms with Crippen LogP contribution < -0.4 is 0 Å². The SMILES string of the molecule is O=C(C1CCCc2ccccc21)N1CCN(S(=O)(=O)c2cccc(C(F)(F)F)c2)CC1. The Hall–Kier alpha value is -2.39. The van der Waals surface area contributed by atoms with Crippen LogP contribution in [0, 0.1) is 0 Å². The van der Waals surface area contributed by atoms with E-state index in [1.54, 1.807) is 4.90 Å². The van der Waals surface area contributed by atoms with Gasteiger partial charge in [-0.1, -0.05) is 30.3 Å². The van der Waals surface area contributed by atoms with Crippen molar-refractivity contribution in [3.63, 3.8) is 0 Å². The van der Waals surface area contributed by atoms with E-state index in [1.807, 2.05) is 24.3 Å². The molecule has 0 saturated carbocycles. The second-order valence-corrected chi connectivity index (χ2v) is 9.84. The van der Waals surface area contributed by atoms with Crippen molar-refractivity contribution in [2.45, 2.75) is 36.3 Å². The number of hydrogen-bond acceptors (Lipinski definition) is 3. The molecule has 1 aliphatic heterocycles. The van der Waals surface area contributed by atoms with Crippen LogP contribution in [0.25, 0.3) is 0 Å². The first-order chi connectivity index (χ1) is 14.7. The summed E-state index contributed by atoms with van der Waals surface area (Å²) in [6, 6.07) is 11.7. The van der Waals surface area contributed by atoms with Gasteiger partial charge in [-0.2, -0.15) is 17.5 Å². The maximum absolute atomic E-state index is 13.1. The average Bonchev–Trinajstić information content (AvgIpc) is 2.78. The van der Waals surface area contributed by atoms with E-state index < -0.39 is 21.8 Å². The van der Waals surface area contributed by atoms with Crippen molar-refractivity contribution in [2.24, 2.45) is 0 Å². The van der Waals surface area contributed by atoms with Crippen LogP contribution in [0.2, 0.25) is 0 Å². The molecular weight excluding hydrogens is 429 g/mol. The van der Waals surface area contributed by atoms with Gasteiger partial charge >= 0.3 is 6.18 Å². The van der Waals surface area contributed by atoms with Crippen molar-refractivity contribution in [3.05, 3.63) is 65.2 Å². The molecule has 0 spiro atoms. The number of carbonyl (C=O) groups is 1. The maximum Gasteiger partial charge on any atom is 0.416 e. The summed E-state index contributed by atoms with van der Waals surface area (Å²) in [5, 5.41) is 0. The Morgan fingerprint density at radius 2 is 1.68 bits per heavy atom. The average molecular weight is 452 g/mol. The highest BCUT2D eigenvalue weighted by Gasteiger charge is 2.36. The fourth-order valence-electron chi connectivity index (χ4n) is 4.36. The number of benzene rings is 2. The predicted octanol–water partition coefficient (Wildman–Crippen LogP) is 3.66. The normalized spacial score (nSPS) is 20.4. The largest absolute Gasteiger partial charge is 0.416 e. The van der Waals surface area contributed by atoms with Crippen molar-refractivity contribution in [1.29, 1.82) is 0 Å². The second-order valence-electron chi connectivity index (χ2n) is 7.90. The molecule has 2 aromatic carbocycles. The van der Waals surface area contributed by atoms with Gasteiger partial charge in [0.2, 0.25) is 15.9 Å². The number of rotatable bonds is 3. The van der Waals surface area contributed by atoms with Crippen LogP contribution in [-0.4, -0.2) is 49.7 Å². The number of amides is 1. The quantitative estimate of drug-likeness (QED) is 0.714. The molecule has 2 aliphatic rings. The summed E-state index contributed by atoms with van der Waals surface area (Å²) < 4.78 is 65.8. The third-order valence-corrected chi connectivity index (χ3v) is 7.91. The van der Waals surface area contributed by atoms with Gasteiger partial charge in [0.05, 0.1) is 16.4 Å². The smallest absolute Gasteiger partial charge is 0.340 e. The number of hydrogen-bond donors (Lipinski definition) is 0. The monoisotopic (exact) mass is 452 g/mol. The van der Waals surface area contributed by atoms with E-state index >= 15 is 0 Å². The number of carbonyl (C=O) groups excluding carboxylic acids is 1. The molecular formula is C22H23F3N2O3S. The summed E-state index contributed by atoms with van der Waals surface area (Å²) in [6.45, 7) is 0.544. The molecule has 1 heterocycles. The number of piperazine rings is 1. The number of sulfonamides is 1. The summed E-state index contributed by atoms with van der Waals surface area (Å²) in [6.07, 6.45) is -1.98. The molecule has 1 amide bonds. The summed E-state index contributed by atoms with van der Waals surface area (Å²) in [5.74, 6) is -0.236. The van der Waals surface area contributed by atoms with Gasteiger partial charge in [0.15, 0.2) is 0 Å². The zero-order valence-corrected chi connectivity index (χ0v) is 17.6. The molecule has 2 aromatic rings. The molecule has 1 unspecified atom stereocenters. The number of fused-ring (bicyclic) bond motifs is 1. The zero-order chi connectivity index (χ0) is 22.2. The second kappa shape index (κ2) is 8.27. The molecule has 0 radical (unpaired) electrons. The highest BCUT2D eigenvalue weighted by atomic mass is 32.2. The van der Waals surface area contributed by atoms with Crippen LogP contribution in [-0.2, 0) is 27.4 Å². The Morgan fingerprint density at radius 3 is 2.39 bits per heavy atom. The highest BCUT2D eigenvalue weighted by Crippen LogP contribution is 2.34. The molecule has 4 rings (SSSR count). The van der Waals surface area contributed by atoms with E-state index in [0.29, 0.717) is 6.07 Å². The Bertz CT molecular complexity index is 1080. The predicted molar refractivity (Wildman–Crippen MR) is 109 cm³/mol. The van der Waals surface area contributed by atoms with Gasteiger partial charge in [-0.15, -0.1) is 0 Å². The van der Waals surface area contributed by atoms with E-state index in [1.165, 1.54) is 11.6 Å². The minimum atomic E-state index is -4.62. The first kappa shape index (κ1) is 21.8. The summed E-state index contributed by atoms with van der Waals surface area (Å²) >= 11 is 0. The van der Waals surface area contributed by atoms with Gasteiger partial charge in [-0.25, -0.2) is 8.42 Å². The lowest BCUT2D eigenvalue weighted by atomic mass is 9.82. The van der Waals surface area contributed by atoms with Gasteiger partial charge in [-0.05, 0) is 48.6 Å². The minimum absolute atomic E-state index is 0.0109. The van der Waals surface area contributed by atoms with Crippen LogP contribution in [0.5, 0.6) is 0 Å². The highest BCUT2D eigenvalue weighted by molar-refractivity contribution is 7.89. The molecule has 1 saturated heterocycles. The van der Waals surface area contributed by atoms with Crippen molar-refractivity contribution >= 4 is 15.9 Å². The minimum Gasteiger partial charge on any atom is -0.340 e. The molecule has 31 heavy (non-hydrogen) atoms. The number of halogens is 3. The van der Waals surface area contributed by atoms with Crippen LogP contribution in [0.3, 0.4) is 0 Å². The Morgan fingerprint density at radius 1 is 0.968 bits per heavy atom. The summed E-state index contributed by atoms with van der Waals surface area (Å²) in [4.78, 5) is 14.4.